The third kappa shape index (κ3) is 2.59. The van der Waals surface area contributed by atoms with E-state index in [9.17, 15) is 4.79 Å². The molecule has 0 bridgehead atoms. The normalized spacial score (nSPS) is 12.1. The lowest BCUT2D eigenvalue weighted by Crippen LogP contribution is -1.97. The molecular weight excluding hydrogens is 176 g/mol. The highest BCUT2D eigenvalue weighted by atomic mass is 16.5. The number of rotatable bonds is 5. The van der Waals surface area contributed by atoms with E-state index < -0.39 is 0 Å². The van der Waals surface area contributed by atoms with Crippen LogP contribution in [0.3, 0.4) is 0 Å². The van der Waals surface area contributed by atoms with Gasteiger partial charge in [0.2, 0.25) is 0 Å². The van der Waals surface area contributed by atoms with Gasteiger partial charge in [0.15, 0.2) is 0 Å². The smallest absolute Gasteiger partial charge is 0.120 e. The molecule has 0 aliphatic heterocycles. The summed E-state index contributed by atoms with van der Waals surface area (Å²) < 4.78 is 5.07. The molecule has 0 aromatic heterocycles. The first kappa shape index (κ1) is 10.8. The van der Waals surface area contributed by atoms with E-state index in [1.54, 1.807) is 7.11 Å². The Kier molecular flexibility index (Phi) is 4.17. The van der Waals surface area contributed by atoms with E-state index in [2.05, 4.69) is 6.92 Å². The van der Waals surface area contributed by atoms with Crippen LogP contribution in [0, 0.1) is 0 Å². The van der Waals surface area contributed by atoms with Crippen LogP contribution < -0.4 is 4.74 Å². The maximum Gasteiger partial charge on any atom is 0.120 e. The summed E-state index contributed by atoms with van der Waals surface area (Å²) >= 11 is 0. The summed E-state index contributed by atoms with van der Waals surface area (Å²) in [7, 11) is 1.65. The lowest BCUT2D eigenvalue weighted by atomic mass is 9.94. The lowest BCUT2D eigenvalue weighted by molar-refractivity contribution is -0.108. The van der Waals surface area contributed by atoms with Crippen LogP contribution in [0.5, 0.6) is 5.75 Å². The van der Waals surface area contributed by atoms with Crippen LogP contribution in [0.15, 0.2) is 24.3 Å². The predicted molar refractivity (Wildman–Crippen MR) is 56.7 cm³/mol. The molecule has 0 fully saturated rings. The van der Waals surface area contributed by atoms with E-state index in [0.717, 1.165) is 18.5 Å². The summed E-state index contributed by atoms with van der Waals surface area (Å²) in [4.78, 5) is 10.4. The molecule has 14 heavy (non-hydrogen) atoms. The zero-order chi connectivity index (χ0) is 10.4. The first-order valence-electron chi connectivity index (χ1n) is 4.89. The van der Waals surface area contributed by atoms with Crippen molar-refractivity contribution in [2.75, 3.05) is 7.11 Å². The van der Waals surface area contributed by atoms with Gasteiger partial charge in [0.25, 0.3) is 0 Å². The summed E-state index contributed by atoms with van der Waals surface area (Å²) in [6, 6.07) is 7.92. The number of carbonyl (C=O) groups excluding carboxylic acids is 1. The van der Waals surface area contributed by atoms with Gasteiger partial charge in [-0.25, -0.2) is 0 Å². The molecular formula is C12H16O2. The van der Waals surface area contributed by atoms with E-state index in [4.69, 9.17) is 4.74 Å². The Bertz CT molecular complexity index is 277. The predicted octanol–water partition coefficient (Wildman–Crippen LogP) is 2.78. The largest absolute Gasteiger partial charge is 0.497 e. The van der Waals surface area contributed by atoms with Crippen molar-refractivity contribution in [3.05, 3.63) is 29.8 Å². The molecule has 0 N–H and O–H groups in total. The van der Waals surface area contributed by atoms with E-state index in [0.29, 0.717) is 12.3 Å². The van der Waals surface area contributed by atoms with Crippen LogP contribution in [0.4, 0.5) is 0 Å². The number of hydrogen-bond acceptors (Lipinski definition) is 2. The van der Waals surface area contributed by atoms with Crippen LogP contribution in [-0.4, -0.2) is 13.4 Å². The van der Waals surface area contributed by atoms with E-state index in [1.807, 2.05) is 24.3 Å². The zero-order valence-corrected chi connectivity index (χ0v) is 8.69. The van der Waals surface area contributed by atoms with Crippen LogP contribution in [0.2, 0.25) is 0 Å². The number of aldehydes is 1. The summed E-state index contributed by atoms with van der Waals surface area (Å²) in [5.74, 6) is 1.20. The molecule has 1 atom stereocenters. The Labute approximate surface area is 84.9 Å². The zero-order valence-electron chi connectivity index (χ0n) is 8.69. The number of hydrogen-bond donors (Lipinski definition) is 0. The lowest BCUT2D eigenvalue weighted by Gasteiger charge is -2.12. The molecule has 76 valence electrons. The maximum absolute atomic E-state index is 10.4. The van der Waals surface area contributed by atoms with Crippen molar-refractivity contribution in [3.8, 4) is 5.75 Å². The highest BCUT2D eigenvalue weighted by Gasteiger charge is 2.07. The van der Waals surface area contributed by atoms with Gasteiger partial charge < -0.3 is 9.53 Å². The van der Waals surface area contributed by atoms with Gasteiger partial charge in [0.1, 0.15) is 12.0 Å². The summed E-state index contributed by atoms with van der Waals surface area (Å²) in [6.45, 7) is 2.10. The van der Waals surface area contributed by atoms with Crippen LogP contribution in [-0.2, 0) is 4.79 Å². The summed E-state index contributed by atoms with van der Waals surface area (Å²) in [6.07, 6.45) is 2.58. The van der Waals surface area contributed by atoms with Crippen LogP contribution in [0.1, 0.15) is 31.2 Å². The van der Waals surface area contributed by atoms with Crippen molar-refractivity contribution in [2.24, 2.45) is 0 Å². The molecule has 0 saturated heterocycles. The number of benzene rings is 1. The average Bonchev–Trinajstić information content (AvgIpc) is 2.26. The number of carbonyl (C=O) groups is 1. The van der Waals surface area contributed by atoms with Gasteiger partial charge >= 0.3 is 0 Å². The Morgan fingerprint density at radius 2 is 2.00 bits per heavy atom. The molecule has 0 aliphatic rings. The molecule has 0 unspecified atom stereocenters. The highest BCUT2D eigenvalue weighted by molar-refractivity contribution is 5.51. The number of ether oxygens (including phenoxy) is 1. The molecule has 1 aromatic carbocycles. The van der Waals surface area contributed by atoms with Gasteiger partial charge in [-0.3, -0.25) is 0 Å². The maximum atomic E-state index is 10.4. The minimum absolute atomic E-state index is 0.346. The fourth-order valence-electron chi connectivity index (χ4n) is 1.53. The second-order valence-corrected chi connectivity index (χ2v) is 3.28. The number of methoxy groups -OCH3 is 1. The molecule has 0 radical (unpaired) electrons. The molecule has 0 saturated carbocycles. The van der Waals surface area contributed by atoms with Crippen molar-refractivity contribution in [2.45, 2.75) is 25.7 Å². The van der Waals surface area contributed by atoms with Crippen molar-refractivity contribution >= 4 is 6.29 Å². The third-order valence-corrected chi connectivity index (χ3v) is 2.46. The topological polar surface area (TPSA) is 26.3 Å². The second kappa shape index (κ2) is 5.43. The Morgan fingerprint density at radius 1 is 1.36 bits per heavy atom. The molecule has 2 nitrogen and oxygen atoms in total. The van der Waals surface area contributed by atoms with Crippen LogP contribution >= 0.6 is 0 Å². The molecule has 0 heterocycles. The second-order valence-electron chi connectivity index (χ2n) is 3.28. The molecule has 0 spiro atoms. The molecule has 2 heteroatoms. The first-order valence-corrected chi connectivity index (χ1v) is 4.89. The fourth-order valence-corrected chi connectivity index (χ4v) is 1.53. The van der Waals surface area contributed by atoms with E-state index >= 15 is 0 Å². The molecule has 0 amide bonds. The Morgan fingerprint density at radius 3 is 2.43 bits per heavy atom. The fraction of sp³-hybridized carbons (Fsp3) is 0.417. The minimum Gasteiger partial charge on any atom is -0.497 e. The minimum atomic E-state index is 0.346. The Hall–Kier alpha value is -1.31. The van der Waals surface area contributed by atoms with E-state index in [-0.39, 0.29) is 0 Å². The molecule has 1 rings (SSSR count). The third-order valence-electron chi connectivity index (χ3n) is 2.46. The molecule has 1 aromatic rings. The standard InChI is InChI=1S/C12H16O2/c1-3-10(8-9-13)11-4-6-12(14-2)7-5-11/h4-7,9-10H,3,8H2,1-2H3/t10-/m0/s1. The van der Waals surface area contributed by atoms with Gasteiger partial charge in [-0.2, -0.15) is 0 Å². The molecule has 0 aliphatic carbocycles. The van der Waals surface area contributed by atoms with Gasteiger partial charge in [-0.15, -0.1) is 0 Å². The summed E-state index contributed by atoms with van der Waals surface area (Å²) in [5.41, 5.74) is 1.21. The van der Waals surface area contributed by atoms with Crippen molar-refractivity contribution < 1.29 is 9.53 Å². The van der Waals surface area contributed by atoms with Gasteiger partial charge in [0.05, 0.1) is 7.11 Å². The van der Waals surface area contributed by atoms with Gasteiger partial charge in [-0.1, -0.05) is 19.1 Å². The summed E-state index contributed by atoms with van der Waals surface area (Å²) in [5, 5.41) is 0. The van der Waals surface area contributed by atoms with Gasteiger partial charge in [-0.05, 0) is 30.0 Å². The van der Waals surface area contributed by atoms with Crippen molar-refractivity contribution in [1.82, 2.24) is 0 Å². The average molecular weight is 192 g/mol. The monoisotopic (exact) mass is 192 g/mol. The van der Waals surface area contributed by atoms with Gasteiger partial charge in [0, 0.05) is 6.42 Å². The SMILES string of the molecule is CC[C@@H](CC=O)c1ccc(OC)cc1. The Balaban J connectivity index is 2.77. The van der Waals surface area contributed by atoms with Crippen LogP contribution in [0.25, 0.3) is 0 Å². The highest BCUT2D eigenvalue weighted by Crippen LogP contribution is 2.24. The van der Waals surface area contributed by atoms with E-state index in [1.165, 1.54) is 5.56 Å². The van der Waals surface area contributed by atoms with Crippen molar-refractivity contribution in [3.63, 3.8) is 0 Å². The van der Waals surface area contributed by atoms with Crippen molar-refractivity contribution in [1.29, 1.82) is 0 Å². The first-order chi connectivity index (χ1) is 6.81. The quantitative estimate of drug-likeness (QED) is 0.670.